The van der Waals surface area contributed by atoms with Crippen LogP contribution >= 0.6 is 0 Å². The van der Waals surface area contributed by atoms with Crippen molar-refractivity contribution in [2.24, 2.45) is 5.92 Å². The normalized spacial score (nSPS) is 22.7. The van der Waals surface area contributed by atoms with Crippen molar-refractivity contribution in [2.75, 3.05) is 0 Å². The molecule has 5 N–H and O–H groups in total. The van der Waals surface area contributed by atoms with Crippen molar-refractivity contribution in [3.05, 3.63) is 87.5 Å². The maximum absolute atomic E-state index is 13.6. The first-order valence-corrected chi connectivity index (χ1v) is 11.7. The molecule has 1 spiro atoms. The van der Waals surface area contributed by atoms with Crippen LogP contribution in [0.15, 0.2) is 48.6 Å². The second-order valence-electron chi connectivity index (χ2n) is 9.87. The van der Waals surface area contributed by atoms with Gasteiger partial charge < -0.3 is 25.5 Å². The van der Waals surface area contributed by atoms with Gasteiger partial charge in [0.2, 0.25) is 0 Å². The number of phenolic OH excluding ortho intramolecular Hbond substituents is 5. The number of ketones is 3. The molecule has 182 valence electrons. The van der Waals surface area contributed by atoms with Gasteiger partial charge in [-0.25, -0.2) is 0 Å². The van der Waals surface area contributed by atoms with Crippen molar-refractivity contribution in [1.29, 1.82) is 0 Å². The topological polar surface area (TPSA) is 152 Å². The quantitative estimate of drug-likeness (QED) is 0.315. The number of Topliss-reactive ketones (excluding diaryl/α,β-unsaturated/α-hetero) is 2. The Hall–Kier alpha value is -4.85. The van der Waals surface area contributed by atoms with Crippen LogP contribution in [0.25, 0.3) is 11.1 Å². The van der Waals surface area contributed by atoms with Gasteiger partial charge in [-0.3, -0.25) is 14.4 Å². The molecular weight excluding hydrogens is 476 g/mol. The molecule has 0 unspecified atom stereocenters. The molecule has 0 saturated heterocycles. The molecule has 4 aliphatic rings. The lowest BCUT2D eigenvalue weighted by Gasteiger charge is -2.44. The average Bonchev–Trinajstić information content (AvgIpc) is 3.07. The average molecular weight is 494 g/mol. The highest BCUT2D eigenvalue weighted by Crippen LogP contribution is 2.68. The third-order valence-electron chi connectivity index (χ3n) is 8.13. The number of allylic oxidation sites excluding steroid dienone is 4. The van der Waals surface area contributed by atoms with E-state index >= 15 is 0 Å². The van der Waals surface area contributed by atoms with Gasteiger partial charge in [0.1, 0.15) is 28.7 Å². The summed E-state index contributed by atoms with van der Waals surface area (Å²) in [7, 11) is 0. The fourth-order valence-corrected chi connectivity index (χ4v) is 6.99. The number of carbonyl (C=O) groups is 3. The van der Waals surface area contributed by atoms with E-state index in [1.54, 1.807) is 12.1 Å². The molecule has 3 aromatic rings. The van der Waals surface area contributed by atoms with E-state index in [0.29, 0.717) is 16.7 Å². The number of fused-ring (bicyclic) bond motifs is 3. The Balaban J connectivity index is 1.79. The molecule has 0 aliphatic heterocycles. The first-order chi connectivity index (χ1) is 17.7. The molecule has 0 amide bonds. The van der Waals surface area contributed by atoms with E-state index in [0.717, 1.165) is 12.1 Å². The number of carbonyl (C=O) groups excluding carboxylic acids is 3. The van der Waals surface area contributed by atoms with E-state index in [-0.39, 0.29) is 63.5 Å². The maximum Gasteiger partial charge on any atom is 0.190 e. The minimum atomic E-state index is -1.47. The second-order valence-corrected chi connectivity index (χ2v) is 9.87. The summed E-state index contributed by atoms with van der Waals surface area (Å²) in [6, 6.07) is 8.05. The van der Waals surface area contributed by atoms with E-state index < -0.39 is 40.2 Å². The van der Waals surface area contributed by atoms with Gasteiger partial charge in [-0.2, -0.15) is 0 Å². The Morgan fingerprint density at radius 2 is 1.41 bits per heavy atom. The van der Waals surface area contributed by atoms with Gasteiger partial charge in [0.25, 0.3) is 0 Å². The van der Waals surface area contributed by atoms with Gasteiger partial charge in [0, 0.05) is 36.1 Å². The van der Waals surface area contributed by atoms with E-state index in [4.69, 9.17) is 0 Å². The van der Waals surface area contributed by atoms with Crippen LogP contribution in [-0.2, 0) is 5.41 Å². The number of hydrogen-bond donors (Lipinski definition) is 5. The zero-order chi connectivity index (χ0) is 26.0. The lowest BCUT2D eigenvalue weighted by Crippen LogP contribution is -2.42. The molecule has 3 aromatic carbocycles. The van der Waals surface area contributed by atoms with Gasteiger partial charge in [-0.05, 0) is 46.4 Å². The standard InChI is InChI=1S/C29H18O8/c30-12-8-15-25(20(35)9-12)19(34)7-11-6-18(33)23-13(2-1-3-16(23)31)27-14-4-5-17(32)26-21(36)10-22(37)28(24(14)26)29(11,15)27/h1-5,8-11,30-31,35-37H,6-7H2/t11-,29+/m1/s1. The minimum Gasteiger partial charge on any atom is -0.508 e. The molecule has 0 aromatic heterocycles. The summed E-state index contributed by atoms with van der Waals surface area (Å²) < 4.78 is 0. The molecule has 0 fully saturated rings. The van der Waals surface area contributed by atoms with Gasteiger partial charge in [-0.15, -0.1) is 0 Å². The molecule has 8 nitrogen and oxygen atoms in total. The van der Waals surface area contributed by atoms with E-state index in [1.807, 2.05) is 0 Å². The highest BCUT2D eigenvalue weighted by molar-refractivity contribution is 6.24. The molecule has 0 bridgehead atoms. The summed E-state index contributed by atoms with van der Waals surface area (Å²) in [4.78, 5) is 39.9. The van der Waals surface area contributed by atoms with Gasteiger partial charge in [-0.1, -0.05) is 18.2 Å². The molecule has 4 aliphatic carbocycles. The highest BCUT2D eigenvalue weighted by atomic mass is 16.3. The highest BCUT2D eigenvalue weighted by Gasteiger charge is 2.60. The predicted molar refractivity (Wildman–Crippen MR) is 130 cm³/mol. The summed E-state index contributed by atoms with van der Waals surface area (Å²) >= 11 is 0. The lowest BCUT2D eigenvalue weighted by molar-refractivity contribution is 0.0882. The molecular formula is C29H18O8. The van der Waals surface area contributed by atoms with Crippen LogP contribution in [0.4, 0.5) is 0 Å². The molecule has 37 heavy (non-hydrogen) atoms. The van der Waals surface area contributed by atoms with Gasteiger partial charge in [0.05, 0.1) is 22.1 Å². The second kappa shape index (κ2) is 6.67. The lowest BCUT2D eigenvalue weighted by atomic mass is 9.56. The first-order valence-electron chi connectivity index (χ1n) is 11.7. The molecule has 0 heterocycles. The van der Waals surface area contributed by atoms with Gasteiger partial charge in [0.15, 0.2) is 17.3 Å². The molecule has 8 heteroatoms. The summed E-state index contributed by atoms with van der Waals surface area (Å²) in [5.74, 6) is -3.97. The van der Waals surface area contributed by atoms with Crippen LogP contribution in [0.3, 0.4) is 0 Å². The first kappa shape index (κ1) is 21.4. The minimum absolute atomic E-state index is 0.0325. The summed E-state index contributed by atoms with van der Waals surface area (Å²) in [6.45, 7) is 0. The fraction of sp³-hybridized carbons (Fsp3) is 0.138. The SMILES string of the molecule is O=C1C[C@@H]2CC(=O)c3c(O)cc(O)cc3[C@]23C(=C2C=CC(=O)c4c(O)cc(O)c3c42)c2cccc(O)c21. The Labute approximate surface area is 209 Å². The van der Waals surface area contributed by atoms with Crippen molar-refractivity contribution >= 4 is 28.5 Å². The van der Waals surface area contributed by atoms with Gasteiger partial charge >= 0.3 is 0 Å². The molecule has 2 atom stereocenters. The Morgan fingerprint density at radius 3 is 2.16 bits per heavy atom. The Kier molecular flexibility index (Phi) is 3.86. The van der Waals surface area contributed by atoms with E-state index in [9.17, 15) is 39.9 Å². The number of benzene rings is 3. The van der Waals surface area contributed by atoms with Crippen molar-refractivity contribution in [1.82, 2.24) is 0 Å². The van der Waals surface area contributed by atoms with Crippen molar-refractivity contribution in [2.45, 2.75) is 18.3 Å². The largest absolute Gasteiger partial charge is 0.508 e. The Bertz CT molecular complexity index is 1740. The van der Waals surface area contributed by atoms with Crippen molar-refractivity contribution < 1.29 is 39.9 Å². The van der Waals surface area contributed by atoms with E-state index in [1.165, 1.54) is 24.3 Å². The monoisotopic (exact) mass is 494 g/mol. The van der Waals surface area contributed by atoms with Crippen LogP contribution < -0.4 is 0 Å². The number of rotatable bonds is 0. The van der Waals surface area contributed by atoms with Crippen molar-refractivity contribution in [3.8, 4) is 28.7 Å². The number of aromatic hydroxyl groups is 5. The third-order valence-corrected chi connectivity index (χ3v) is 8.13. The van der Waals surface area contributed by atoms with Crippen LogP contribution in [0.5, 0.6) is 28.7 Å². The van der Waals surface area contributed by atoms with E-state index in [2.05, 4.69) is 0 Å². The summed E-state index contributed by atoms with van der Waals surface area (Å²) in [5.41, 5.74) is 0.336. The fourth-order valence-electron chi connectivity index (χ4n) is 6.99. The third kappa shape index (κ3) is 2.35. The molecule has 0 saturated carbocycles. The number of phenols is 5. The Morgan fingerprint density at radius 1 is 0.703 bits per heavy atom. The van der Waals surface area contributed by atoms with Crippen LogP contribution in [0.2, 0.25) is 0 Å². The molecule has 0 radical (unpaired) electrons. The van der Waals surface area contributed by atoms with Crippen LogP contribution in [0, 0.1) is 5.92 Å². The predicted octanol–water partition coefficient (Wildman–Crippen LogP) is 3.97. The smallest absolute Gasteiger partial charge is 0.190 e. The summed E-state index contributed by atoms with van der Waals surface area (Å²) in [6.07, 6.45) is 2.44. The summed E-state index contributed by atoms with van der Waals surface area (Å²) in [5, 5.41) is 54.2. The zero-order valence-corrected chi connectivity index (χ0v) is 19.1. The van der Waals surface area contributed by atoms with Crippen molar-refractivity contribution in [3.63, 3.8) is 0 Å². The number of hydrogen-bond acceptors (Lipinski definition) is 8. The van der Waals surface area contributed by atoms with Crippen LogP contribution in [0.1, 0.15) is 66.2 Å². The zero-order valence-electron chi connectivity index (χ0n) is 19.1. The van der Waals surface area contributed by atoms with Crippen LogP contribution in [-0.4, -0.2) is 42.9 Å². The maximum atomic E-state index is 13.6. The molecule has 7 rings (SSSR count).